The minimum Gasteiger partial charge on any atom is -0.487 e. The molecular weight excluding hydrogens is 648 g/mol. The van der Waals surface area contributed by atoms with Gasteiger partial charge in [0.25, 0.3) is 5.88 Å². The van der Waals surface area contributed by atoms with Crippen LogP contribution in [0.3, 0.4) is 0 Å². The number of hydrogen-bond acceptors (Lipinski definition) is 12. The summed E-state index contributed by atoms with van der Waals surface area (Å²) >= 11 is 0. The van der Waals surface area contributed by atoms with E-state index in [1.54, 1.807) is 29.5 Å². The van der Waals surface area contributed by atoms with E-state index in [-0.39, 0.29) is 18.3 Å². The van der Waals surface area contributed by atoms with E-state index in [9.17, 15) is 5.26 Å². The van der Waals surface area contributed by atoms with Gasteiger partial charge < -0.3 is 24.3 Å². The zero-order chi connectivity index (χ0) is 35.2. The van der Waals surface area contributed by atoms with E-state index in [2.05, 4.69) is 54.9 Å². The third-order valence-electron chi connectivity index (χ3n) is 10.1. The van der Waals surface area contributed by atoms with Crippen molar-refractivity contribution in [1.82, 2.24) is 39.4 Å². The molecule has 270 valence electrons. The zero-order valence-electron chi connectivity index (χ0n) is 29.7. The molecule has 4 aromatic rings. The van der Waals surface area contributed by atoms with Crippen molar-refractivity contribution in [2.75, 3.05) is 38.2 Å². The van der Waals surface area contributed by atoms with Gasteiger partial charge >= 0.3 is 0 Å². The maximum Gasteiger partial charge on any atom is 0.256 e. The molecule has 1 saturated carbocycles. The smallest absolute Gasteiger partial charge is 0.256 e. The summed E-state index contributed by atoms with van der Waals surface area (Å²) in [5, 5.41) is 22.2. The number of nitrogens with one attached hydrogen (secondary N) is 1. The first-order chi connectivity index (χ1) is 24.9. The van der Waals surface area contributed by atoms with Crippen LogP contribution in [0.25, 0.3) is 11.1 Å². The van der Waals surface area contributed by atoms with Gasteiger partial charge in [-0.1, -0.05) is 6.07 Å². The fourth-order valence-corrected chi connectivity index (χ4v) is 7.47. The lowest BCUT2D eigenvalue weighted by atomic mass is 9.89. The highest BCUT2D eigenvalue weighted by Crippen LogP contribution is 2.36. The van der Waals surface area contributed by atoms with Crippen molar-refractivity contribution in [3.8, 4) is 28.8 Å². The SMILES string of the molecule is CC(Cn1cncn1)Oc1cc(-c2cnc(Nc3cn(C4CCC(N5C[C@@H](C)O[C@@H](C)C5)CC4)nc3OCC3CCOCC3)nc2)ccc1C#N. The van der Waals surface area contributed by atoms with Gasteiger partial charge in [-0.3, -0.25) is 9.58 Å². The molecule has 1 aromatic carbocycles. The second kappa shape index (κ2) is 16.2. The number of ether oxygens (including phenoxy) is 4. The molecule has 0 bridgehead atoms. The van der Waals surface area contributed by atoms with Gasteiger partial charge in [0.15, 0.2) is 0 Å². The molecule has 0 spiro atoms. The fourth-order valence-electron chi connectivity index (χ4n) is 7.47. The van der Waals surface area contributed by atoms with E-state index >= 15 is 0 Å². The summed E-state index contributed by atoms with van der Waals surface area (Å²) in [6.07, 6.45) is 15.4. The predicted molar refractivity (Wildman–Crippen MR) is 190 cm³/mol. The molecule has 2 aliphatic heterocycles. The zero-order valence-corrected chi connectivity index (χ0v) is 29.7. The molecule has 1 aliphatic carbocycles. The summed E-state index contributed by atoms with van der Waals surface area (Å²) in [5.41, 5.74) is 2.84. The van der Waals surface area contributed by atoms with E-state index in [1.807, 2.05) is 25.3 Å². The van der Waals surface area contributed by atoms with Crippen LogP contribution < -0.4 is 14.8 Å². The van der Waals surface area contributed by atoms with E-state index in [1.165, 1.54) is 6.33 Å². The molecule has 1 N–H and O–H groups in total. The maximum atomic E-state index is 9.71. The number of aromatic nitrogens is 7. The van der Waals surface area contributed by atoms with Crippen molar-refractivity contribution in [2.45, 2.75) is 96.2 Å². The van der Waals surface area contributed by atoms with E-state index in [4.69, 9.17) is 24.0 Å². The van der Waals surface area contributed by atoms with Crippen LogP contribution in [0.5, 0.6) is 11.6 Å². The number of nitriles is 1. The van der Waals surface area contributed by atoms with Crippen molar-refractivity contribution in [3.05, 3.63) is 55.0 Å². The molecule has 3 aromatic heterocycles. The Morgan fingerprint density at radius 3 is 2.45 bits per heavy atom. The summed E-state index contributed by atoms with van der Waals surface area (Å²) in [6, 6.07) is 8.59. The number of nitrogens with zero attached hydrogens (tertiary/aromatic N) is 9. The fraction of sp³-hybridized carbons (Fsp3) is 0.568. The van der Waals surface area contributed by atoms with Gasteiger partial charge in [0.05, 0.1) is 43.2 Å². The molecule has 0 radical (unpaired) electrons. The highest BCUT2D eigenvalue weighted by molar-refractivity contribution is 5.67. The quantitative estimate of drug-likeness (QED) is 0.202. The van der Waals surface area contributed by atoms with Crippen LogP contribution in [-0.4, -0.2) is 96.7 Å². The number of benzene rings is 1. The Morgan fingerprint density at radius 1 is 1.00 bits per heavy atom. The molecule has 5 heterocycles. The van der Waals surface area contributed by atoms with Crippen LogP contribution in [0.1, 0.15) is 70.9 Å². The van der Waals surface area contributed by atoms with Gasteiger partial charge in [0, 0.05) is 50.3 Å². The van der Waals surface area contributed by atoms with Crippen molar-refractivity contribution < 1.29 is 18.9 Å². The molecule has 0 amide bonds. The van der Waals surface area contributed by atoms with Gasteiger partial charge in [-0.15, -0.1) is 5.10 Å². The van der Waals surface area contributed by atoms with Crippen LogP contribution in [0, 0.1) is 17.2 Å². The minimum absolute atomic E-state index is 0.229. The Hall–Kier alpha value is -4.58. The van der Waals surface area contributed by atoms with Gasteiger partial charge in [-0.25, -0.2) is 19.6 Å². The van der Waals surface area contributed by atoms with Crippen molar-refractivity contribution in [3.63, 3.8) is 0 Å². The molecule has 2 saturated heterocycles. The first-order valence-corrected chi connectivity index (χ1v) is 18.2. The Balaban J connectivity index is 1.04. The largest absolute Gasteiger partial charge is 0.487 e. The van der Waals surface area contributed by atoms with E-state index < -0.39 is 0 Å². The normalized spacial score (nSPS) is 23.7. The molecule has 3 aliphatic rings. The summed E-state index contributed by atoms with van der Waals surface area (Å²) in [4.78, 5) is 15.9. The lowest BCUT2D eigenvalue weighted by Gasteiger charge is -2.42. The summed E-state index contributed by atoms with van der Waals surface area (Å²) in [5.74, 6) is 1.94. The predicted octanol–water partition coefficient (Wildman–Crippen LogP) is 5.41. The Kier molecular flexibility index (Phi) is 11.1. The van der Waals surface area contributed by atoms with Gasteiger partial charge in [-0.05, 0) is 82.9 Å². The summed E-state index contributed by atoms with van der Waals surface area (Å²) in [6.45, 7) is 10.9. The standard InChI is InChI=1S/C37H48N10O4/c1-25-18-45(19-26(2)50-25)32-6-8-33(9-7-32)47-21-34(36(44-47)49-22-28-10-12-48-13-11-28)43-37-40-16-31(17-41-37)29-4-5-30(15-38)35(14-29)51-27(3)20-46-24-39-23-42-46/h4-5,14,16-17,21,23-28,32-33H,6-13,18-20,22H2,1-3H3,(H,40,41,43)/t25-,26+,27?,32?,33?. The second-order valence-electron chi connectivity index (χ2n) is 14.2. The van der Waals surface area contributed by atoms with Gasteiger partial charge in [-0.2, -0.15) is 10.4 Å². The molecule has 3 fully saturated rings. The van der Waals surface area contributed by atoms with Crippen molar-refractivity contribution in [2.24, 2.45) is 5.92 Å². The van der Waals surface area contributed by atoms with Crippen LogP contribution >= 0.6 is 0 Å². The third kappa shape index (κ3) is 8.84. The molecule has 1 unspecified atom stereocenters. The summed E-state index contributed by atoms with van der Waals surface area (Å²) in [7, 11) is 0. The molecule has 14 heteroatoms. The molecule has 14 nitrogen and oxygen atoms in total. The van der Waals surface area contributed by atoms with Gasteiger partial charge in [0.2, 0.25) is 5.95 Å². The molecule has 51 heavy (non-hydrogen) atoms. The Labute approximate surface area is 299 Å². The average molecular weight is 697 g/mol. The van der Waals surface area contributed by atoms with Gasteiger partial charge in [0.1, 0.15) is 36.3 Å². The third-order valence-corrected chi connectivity index (χ3v) is 10.1. The lowest BCUT2D eigenvalue weighted by Crippen LogP contribution is -2.51. The monoisotopic (exact) mass is 696 g/mol. The van der Waals surface area contributed by atoms with E-state index in [0.29, 0.717) is 54.3 Å². The average Bonchev–Trinajstić information content (AvgIpc) is 3.81. The molecular formula is C37H48N10O4. The maximum absolute atomic E-state index is 9.71. The minimum atomic E-state index is -0.229. The Morgan fingerprint density at radius 2 is 1.75 bits per heavy atom. The van der Waals surface area contributed by atoms with Crippen LogP contribution in [0.2, 0.25) is 0 Å². The number of rotatable bonds is 12. The summed E-state index contributed by atoms with van der Waals surface area (Å²) < 4.78 is 27.8. The first-order valence-electron chi connectivity index (χ1n) is 18.2. The van der Waals surface area contributed by atoms with Crippen LogP contribution in [0.15, 0.2) is 49.4 Å². The highest BCUT2D eigenvalue weighted by Gasteiger charge is 2.32. The number of hydrogen-bond donors (Lipinski definition) is 1. The lowest BCUT2D eigenvalue weighted by molar-refractivity contribution is -0.0852. The second-order valence-corrected chi connectivity index (χ2v) is 14.2. The van der Waals surface area contributed by atoms with Crippen LogP contribution in [0.4, 0.5) is 11.6 Å². The number of anilines is 2. The molecule has 3 atom stereocenters. The number of morpholine rings is 1. The van der Waals surface area contributed by atoms with Crippen molar-refractivity contribution >= 4 is 11.6 Å². The van der Waals surface area contributed by atoms with Crippen LogP contribution in [-0.2, 0) is 16.0 Å². The first kappa shape index (κ1) is 34.9. The Bertz CT molecular complexity index is 1730. The van der Waals surface area contributed by atoms with E-state index in [0.717, 1.165) is 81.6 Å². The van der Waals surface area contributed by atoms with Crippen molar-refractivity contribution in [1.29, 1.82) is 5.26 Å². The topological polar surface area (TPSA) is 150 Å². The highest BCUT2D eigenvalue weighted by atomic mass is 16.5. The molecule has 7 rings (SSSR count).